The Hall–Kier alpha value is -1.84. The molecule has 0 bridgehead atoms. The third kappa shape index (κ3) is 7.77. The van der Waals surface area contributed by atoms with Crippen LogP contribution >= 0.6 is 0 Å². The molecule has 4 nitrogen and oxygen atoms in total. The summed E-state index contributed by atoms with van der Waals surface area (Å²) in [6.07, 6.45) is 10.6. The largest absolute Gasteiger partial charge is 0.481 e. The highest BCUT2D eigenvalue weighted by Gasteiger charge is 2.34. The van der Waals surface area contributed by atoms with Crippen LogP contribution in [0.1, 0.15) is 115 Å². The number of hydrogen-bond acceptors (Lipinski definition) is 2. The lowest BCUT2D eigenvalue weighted by molar-refractivity contribution is -0.141. The van der Waals surface area contributed by atoms with Gasteiger partial charge in [-0.25, -0.2) is 0 Å². The normalized spacial score (nSPS) is 13.6. The summed E-state index contributed by atoms with van der Waals surface area (Å²) in [4.78, 5) is 24.2. The van der Waals surface area contributed by atoms with Gasteiger partial charge in [-0.1, -0.05) is 97.8 Å². The molecule has 0 aromatic heterocycles. The highest BCUT2D eigenvalue weighted by Crippen LogP contribution is 2.38. The molecule has 0 spiro atoms. The van der Waals surface area contributed by atoms with Gasteiger partial charge in [0.05, 0.1) is 11.8 Å². The first-order chi connectivity index (χ1) is 14.2. The maximum atomic E-state index is 12.2. The standard InChI is InChI=1S/C26H42O4/c1-6-7-8-9-10-11-12-13-15-20-16-14-17-21(22(18(2)3)25(27)28)24(20)23(19(4)5)26(29)30/h14,16-19,22-23H,6-13,15H2,1-5H3,(H,27,28)(H,29,30). The molecule has 2 unspecified atom stereocenters. The molecule has 170 valence electrons. The van der Waals surface area contributed by atoms with E-state index >= 15 is 0 Å². The number of benzene rings is 1. The Kier molecular flexibility index (Phi) is 11.8. The van der Waals surface area contributed by atoms with E-state index in [9.17, 15) is 19.8 Å². The number of aliphatic carboxylic acids is 2. The smallest absolute Gasteiger partial charge is 0.311 e. The molecule has 0 saturated carbocycles. The fraction of sp³-hybridized carbons (Fsp3) is 0.692. The Balaban J connectivity index is 3.09. The first-order valence-corrected chi connectivity index (χ1v) is 11.8. The van der Waals surface area contributed by atoms with E-state index in [4.69, 9.17) is 0 Å². The molecule has 1 aromatic rings. The Morgan fingerprint density at radius 3 is 1.73 bits per heavy atom. The number of aryl methyl sites for hydroxylation is 1. The topological polar surface area (TPSA) is 74.6 Å². The van der Waals surface area contributed by atoms with Crippen LogP contribution in [-0.4, -0.2) is 22.2 Å². The lowest BCUT2D eigenvalue weighted by Gasteiger charge is -2.27. The summed E-state index contributed by atoms with van der Waals surface area (Å²) in [6, 6.07) is 5.72. The number of carboxylic acid groups (broad SMARTS) is 2. The third-order valence-electron chi connectivity index (χ3n) is 6.04. The Bertz CT molecular complexity index is 663. The quantitative estimate of drug-likeness (QED) is 0.300. The van der Waals surface area contributed by atoms with Gasteiger partial charge in [-0.15, -0.1) is 0 Å². The van der Waals surface area contributed by atoms with E-state index in [0.717, 1.165) is 30.4 Å². The van der Waals surface area contributed by atoms with Crippen molar-refractivity contribution in [2.24, 2.45) is 11.8 Å². The molecule has 0 aliphatic heterocycles. The van der Waals surface area contributed by atoms with Crippen molar-refractivity contribution in [3.8, 4) is 0 Å². The number of carbonyl (C=O) groups is 2. The molecule has 2 N–H and O–H groups in total. The molecule has 0 amide bonds. The summed E-state index contributed by atoms with van der Waals surface area (Å²) < 4.78 is 0. The van der Waals surface area contributed by atoms with E-state index in [1.54, 1.807) is 0 Å². The van der Waals surface area contributed by atoms with E-state index in [0.29, 0.717) is 5.56 Å². The summed E-state index contributed by atoms with van der Waals surface area (Å²) in [5.41, 5.74) is 2.42. The molecular weight excluding hydrogens is 376 g/mol. The molecule has 0 fully saturated rings. The molecule has 2 atom stereocenters. The zero-order valence-corrected chi connectivity index (χ0v) is 19.6. The zero-order valence-electron chi connectivity index (χ0n) is 19.6. The van der Waals surface area contributed by atoms with Crippen molar-refractivity contribution in [2.75, 3.05) is 0 Å². The van der Waals surface area contributed by atoms with Crippen molar-refractivity contribution in [1.29, 1.82) is 0 Å². The van der Waals surface area contributed by atoms with Crippen LogP contribution in [0.3, 0.4) is 0 Å². The zero-order chi connectivity index (χ0) is 22.7. The number of rotatable bonds is 15. The van der Waals surface area contributed by atoms with Gasteiger partial charge >= 0.3 is 11.9 Å². The summed E-state index contributed by atoms with van der Waals surface area (Å²) in [5.74, 6) is -3.36. The van der Waals surface area contributed by atoms with Crippen molar-refractivity contribution >= 4 is 11.9 Å². The second-order valence-electron chi connectivity index (χ2n) is 9.26. The minimum absolute atomic E-state index is 0.109. The van der Waals surface area contributed by atoms with Gasteiger partial charge < -0.3 is 10.2 Å². The molecule has 0 aliphatic carbocycles. The van der Waals surface area contributed by atoms with E-state index in [2.05, 4.69) is 6.92 Å². The fourth-order valence-electron chi connectivity index (χ4n) is 4.47. The van der Waals surface area contributed by atoms with Gasteiger partial charge in [0.1, 0.15) is 0 Å². The molecule has 4 heteroatoms. The average Bonchev–Trinajstić information content (AvgIpc) is 2.64. The molecule has 0 heterocycles. The molecule has 1 rings (SSSR count). The molecule has 0 radical (unpaired) electrons. The lowest BCUT2D eigenvalue weighted by Crippen LogP contribution is -2.25. The van der Waals surface area contributed by atoms with Crippen molar-refractivity contribution in [1.82, 2.24) is 0 Å². The van der Waals surface area contributed by atoms with E-state index in [1.807, 2.05) is 45.9 Å². The first-order valence-electron chi connectivity index (χ1n) is 11.8. The number of carboxylic acids is 2. The molecule has 0 aliphatic rings. The van der Waals surface area contributed by atoms with Crippen LogP contribution in [0.15, 0.2) is 18.2 Å². The van der Waals surface area contributed by atoms with E-state index in [1.165, 1.54) is 38.5 Å². The van der Waals surface area contributed by atoms with Crippen molar-refractivity contribution < 1.29 is 19.8 Å². The van der Waals surface area contributed by atoms with Gasteiger partial charge in [-0.2, -0.15) is 0 Å². The Morgan fingerprint density at radius 2 is 1.27 bits per heavy atom. The predicted octanol–water partition coefficient (Wildman–Crippen LogP) is 7.02. The van der Waals surface area contributed by atoms with Gasteiger partial charge in [0.25, 0.3) is 0 Å². The average molecular weight is 419 g/mol. The molecule has 1 aromatic carbocycles. The van der Waals surface area contributed by atoms with Gasteiger partial charge in [-0.05, 0) is 41.4 Å². The maximum absolute atomic E-state index is 12.2. The van der Waals surface area contributed by atoms with Crippen LogP contribution in [0.5, 0.6) is 0 Å². The van der Waals surface area contributed by atoms with Crippen LogP contribution in [0.4, 0.5) is 0 Å². The SMILES string of the molecule is CCCCCCCCCCc1cccc(C(C(=O)O)C(C)C)c1C(C(=O)O)C(C)C. The van der Waals surface area contributed by atoms with E-state index < -0.39 is 23.8 Å². The third-order valence-corrected chi connectivity index (χ3v) is 6.04. The van der Waals surface area contributed by atoms with Gasteiger partial charge in [0.15, 0.2) is 0 Å². The van der Waals surface area contributed by atoms with Crippen LogP contribution in [0.2, 0.25) is 0 Å². The maximum Gasteiger partial charge on any atom is 0.311 e. The lowest BCUT2D eigenvalue weighted by atomic mass is 9.76. The summed E-state index contributed by atoms with van der Waals surface area (Å²) in [6.45, 7) is 9.81. The molecular formula is C26H42O4. The Morgan fingerprint density at radius 1 is 0.767 bits per heavy atom. The van der Waals surface area contributed by atoms with Crippen LogP contribution in [0.25, 0.3) is 0 Å². The second-order valence-corrected chi connectivity index (χ2v) is 9.26. The second kappa shape index (κ2) is 13.5. The summed E-state index contributed by atoms with van der Waals surface area (Å²) in [7, 11) is 0. The summed E-state index contributed by atoms with van der Waals surface area (Å²) in [5, 5.41) is 19.8. The van der Waals surface area contributed by atoms with Gasteiger partial charge in [0.2, 0.25) is 0 Å². The van der Waals surface area contributed by atoms with Gasteiger partial charge in [0, 0.05) is 0 Å². The fourth-order valence-corrected chi connectivity index (χ4v) is 4.47. The molecule has 0 saturated heterocycles. The van der Waals surface area contributed by atoms with Gasteiger partial charge in [-0.3, -0.25) is 9.59 Å². The highest BCUT2D eigenvalue weighted by atomic mass is 16.4. The van der Waals surface area contributed by atoms with E-state index in [-0.39, 0.29) is 11.8 Å². The van der Waals surface area contributed by atoms with Crippen LogP contribution in [0, 0.1) is 11.8 Å². The first kappa shape index (κ1) is 26.2. The monoisotopic (exact) mass is 418 g/mol. The van der Waals surface area contributed by atoms with Crippen molar-refractivity contribution in [3.05, 3.63) is 34.9 Å². The summed E-state index contributed by atoms with van der Waals surface area (Å²) >= 11 is 0. The number of hydrogen-bond donors (Lipinski definition) is 2. The Labute approximate surface area is 183 Å². The van der Waals surface area contributed by atoms with Crippen LogP contribution < -0.4 is 0 Å². The molecule has 30 heavy (non-hydrogen) atoms. The minimum atomic E-state index is -0.886. The number of unbranched alkanes of at least 4 members (excludes halogenated alkanes) is 7. The van der Waals surface area contributed by atoms with Crippen LogP contribution in [-0.2, 0) is 16.0 Å². The minimum Gasteiger partial charge on any atom is -0.481 e. The highest BCUT2D eigenvalue weighted by molar-refractivity contribution is 5.81. The van der Waals surface area contributed by atoms with Crippen molar-refractivity contribution in [2.45, 2.75) is 104 Å². The predicted molar refractivity (Wildman–Crippen MR) is 123 cm³/mol. The van der Waals surface area contributed by atoms with Crippen molar-refractivity contribution in [3.63, 3.8) is 0 Å².